The van der Waals surface area contributed by atoms with Gasteiger partial charge in [-0.2, -0.15) is 0 Å². The third-order valence-corrected chi connectivity index (χ3v) is 3.64. The summed E-state index contributed by atoms with van der Waals surface area (Å²) in [5.74, 6) is -1.86. The molecule has 12 heavy (non-hydrogen) atoms. The van der Waals surface area contributed by atoms with E-state index >= 15 is 0 Å². The summed E-state index contributed by atoms with van der Waals surface area (Å²) in [5.41, 5.74) is 5.62. The van der Waals surface area contributed by atoms with Gasteiger partial charge in [0, 0.05) is 3.58 Å². The average Bonchev–Trinajstić information content (AvgIpc) is 1.94. The Morgan fingerprint density at radius 2 is 2.42 bits per heavy atom. The molecule has 3 N–H and O–H groups in total. The van der Waals surface area contributed by atoms with E-state index in [-0.39, 0.29) is 0 Å². The Balaban J connectivity index is 3.01. The lowest BCUT2D eigenvalue weighted by molar-refractivity contribution is -0.140. The lowest BCUT2D eigenvalue weighted by atomic mass is 9.95. The predicted molar refractivity (Wildman–Crippen MR) is 55.1 cm³/mol. The maximum absolute atomic E-state index is 10.7. The largest absolute Gasteiger partial charge is 0.481 e. The van der Waals surface area contributed by atoms with Crippen molar-refractivity contribution in [3.8, 4) is 0 Å². The molecular formula is C7H7ClINO2. The number of allylic oxidation sites excluding steroid dienone is 2. The van der Waals surface area contributed by atoms with Gasteiger partial charge in [0.2, 0.25) is 0 Å². The van der Waals surface area contributed by atoms with Crippen LogP contribution in [0, 0.1) is 5.92 Å². The van der Waals surface area contributed by atoms with Crippen LogP contribution in [0.4, 0.5) is 0 Å². The van der Waals surface area contributed by atoms with Gasteiger partial charge in [-0.25, -0.2) is 0 Å². The lowest BCUT2D eigenvalue weighted by Crippen LogP contribution is -2.45. The number of alkyl halides is 1. The number of carboxylic acids is 1. The Bertz CT molecular complexity index is 273. The highest BCUT2D eigenvalue weighted by Crippen LogP contribution is 2.36. The molecule has 2 atom stereocenters. The van der Waals surface area contributed by atoms with Gasteiger partial charge in [-0.15, -0.1) is 0 Å². The van der Waals surface area contributed by atoms with E-state index in [1.807, 2.05) is 22.6 Å². The third-order valence-electron chi connectivity index (χ3n) is 1.63. The van der Waals surface area contributed by atoms with Crippen LogP contribution in [0.1, 0.15) is 0 Å². The van der Waals surface area contributed by atoms with Crippen LogP contribution in [-0.4, -0.2) is 16.1 Å². The summed E-state index contributed by atoms with van der Waals surface area (Å²) in [6.45, 7) is 0. The van der Waals surface area contributed by atoms with Crippen LogP contribution in [0.15, 0.2) is 21.8 Å². The van der Waals surface area contributed by atoms with E-state index in [4.69, 9.17) is 22.4 Å². The van der Waals surface area contributed by atoms with E-state index in [0.29, 0.717) is 3.58 Å². The van der Waals surface area contributed by atoms with Crippen molar-refractivity contribution in [3.05, 3.63) is 21.8 Å². The Kier molecular flexibility index (Phi) is 2.80. The van der Waals surface area contributed by atoms with Gasteiger partial charge in [0.25, 0.3) is 0 Å². The predicted octanol–water partition coefficient (Wildman–Crippen LogP) is 1.47. The number of carbonyl (C=O) groups is 1. The molecule has 0 aromatic rings. The first kappa shape index (κ1) is 10.0. The Morgan fingerprint density at radius 1 is 1.83 bits per heavy atom. The number of hydrogen-bond donors (Lipinski definition) is 2. The van der Waals surface area contributed by atoms with E-state index in [2.05, 4.69) is 0 Å². The smallest absolute Gasteiger partial charge is 0.313 e. The zero-order chi connectivity index (χ0) is 9.35. The SMILES string of the molecule is NC1(Cl)C(I)=CC=CC1C(=O)O. The first-order valence-corrected chi connectivity index (χ1v) is 4.67. The van der Waals surface area contributed by atoms with Crippen molar-refractivity contribution in [2.45, 2.75) is 5.00 Å². The van der Waals surface area contributed by atoms with Crippen LogP contribution in [0.3, 0.4) is 0 Å². The second-order valence-corrected chi connectivity index (χ2v) is 4.27. The van der Waals surface area contributed by atoms with Crippen LogP contribution in [-0.2, 0) is 4.79 Å². The summed E-state index contributed by atoms with van der Waals surface area (Å²) < 4.78 is 0.636. The van der Waals surface area contributed by atoms with Gasteiger partial charge in [-0.3, -0.25) is 4.79 Å². The highest BCUT2D eigenvalue weighted by Gasteiger charge is 2.40. The van der Waals surface area contributed by atoms with Crippen molar-refractivity contribution in [3.63, 3.8) is 0 Å². The minimum Gasteiger partial charge on any atom is -0.481 e. The van der Waals surface area contributed by atoms with Crippen molar-refractivity contribution in [1.29, 1.82) is 0 Å². The van der Waals surface area contributed by atoms with Crippen molar-refractivity contribution >= 4 is 40.2 Å². The zero-order valence-electron chi connectivity index (χ0n) is 6.00. The molecule has 1 aliphatic carbocycles. The third kappa shape index (κ3) is 1.65. The highest BCUT2D eigenvalue weighted by atomic mass is 127. The van der Waals surface area contributed by atoms with E-state index in [9.17, 15) is 4.79 Å². The molecule has 2 unspecified atom stereocenters. The quantitative estimate of drug-likeness (QED) is 0.438. The van der Waals surface area contributed by atoms with Crippen LogP contribution < -0.4 is 5.73 Å². The molecule has 0 aromatic heterocycles. The van der Waals surface area contributed by atoms with Gasteiger partial charge in [0.05, 0.1) is 0 Å². The lowest BCUT2D eigenvalue weighted by Gasteiger charge is -2.28. The highest BCUT2D eigenvalue weighted by molar-refractivity contribution is 14.1. The summed E-state index contributed by atoms with van der Waals surface area (Å²) in [6, 6.07) is 0. The van der Waals surface area contributed by atoms with Gasteiger partial charge in [-0.05, 0) is 22.6 Å². The zero-order valence-corrected chi connectivity index (χ0v) is 8.91. The Labute approximate surface area is 88.4 Å². The number of halogens is 2. The maximum Gasteiger partial charge on any atom is 0.313 e. The van der Waals surface area contributed by atoms with Gasteiger partial charge < -0.3 is 10.8 Å². The second-order valence-electron chi connectivity index (χ2n) is 2.48. The fourth-order valence-corrected chi connectivity index (χ4v) is 1.70. The van der Waals surface area contributed by atoms with Crippen molar-refractivity contribution in [2.24, 2.45) is 11.7 Å². The molecule has 0 amide bonds. The summed E-state index contributed by atoms with van der Waals surface area (Å²) >= 11 is 7.79. The molecule has 66 valence electrons. The average molecular weight is 299 g/mol. The first-order chi connectivity index (χ1) is 5.46. The first-order valence-electron chi connectivity index (χ1n) is 3.21. The van der Waals surface area contributed by atoms with Gasteiger partial charge in [-0.1, -0.05) is 29.8 Å². The standard InChI is InChI=1S/C7H7ClINO2/c8-7(10)4(6(11)12)2-1-3-5(7)9/h1-4H,10H2,(H,11,12). The van der Waals surface area contributed by atoms with Crippen LogP contribution in [0.5, 0.6) is 0 Å². The van der Waals surface area contributed by atoms with Crippen molar-refractivity contribution in [1.82, 2.24) is 0 Å². The van der Waals surface area contributed by atoms with Crippen molar-refractivity contribution in [2.75, 3.05) is 0 Å². The van der Waals surface area contributed by atoms with Gasteiger partial charge in [0.1, 0.15) is 10.9 Å². The van der Waals surface area contributed by atoms with Gasteiger partial charge in [0.15, 0.2) is 0 Å². The molecule has 0 aliphatic heterocycles. The number of carboxylic acid groups (broad SMARTS) is 1. The summed E-state index contributed by atoms with van der Waals surface area (Å²) in [7, 11) is 0. The normalized spacial score (nSPS) is 34.6. The molecule has 1 rings (SSSR count). The molecule has 0 heterocycles. The molecule has 0 aromatic carbocycles. The summed E-state index contributed by atoms with van der Waals surface area (Å²) in [6.07, 6.45) is 4.83. The monoisotopic (exact) mass is 299 g/mol. The topological polar surface area (TPSA) is 63.3 Å². The molecule has 5 heteroatoms. The fraction of sp³-hybridized carbons (Fsp3) is 0.286. The number of aliphatic carboxylic acids is 1. The minimum atomic E-state index is -1.29. The molecule has 0 spiro atoms. The molecule has 0 saturated heterocycles. The molecule has 1 aliphatic rings. The second kappa shape index (κ2) is 3.35. The van der Waals surface area contributed by atoms with E-state index in [1.54, 1.807) is 12.2 Å². The molecule has 0 saturated carbocycles. The number of nitrogens with two attached hydrogens (primary N) is 1. The number of hydrogen-bond acceptors (Lipinski definition) is 2. The summed E-state index contributed by atoms with van der Waals surface area (Å²) in [5, 5.41) is 8.75. The van der Waals surface area contributed by atoms with Crippen molar-refractivity contribution < 1.29 is 9.90 Å². The molecule has 0 bridgehead atoms. The fourth-order valence-electron chi connectivity index (χ4n) is 0.929. The molecule has 3 nitrogen and oxygen atoms in total. The molecule has 0 radical (unpaired) electrons. The Hall–Kier alpha value is -0.0700. The Morgan fingerprint density at radius 3 is 2.83 bits per heavy atom. The van der Waals surface area contributed by atoms with Gasteiger partial charge >= 0.3 is 5.97 Å². The van der Waals surface area contributed by atoms with Crippen LogP contribution in [0.25, 0.3) is 0 Å². The molecule has 0 fully saturated rings. The molecular weight excluding hydrogens is 292 g/mol. The maximum atomic E-state index is 10.7. The van der Waals surface area contributed by atoms with E-state index in [0.717, 1.165) is 0 Å². The summed E-state index contributed by atoms with van der Waals surface area (Å²) in [4.78, 5) is 9.38. The van der Waals surface area contributed by atoms with E-state index in [1.165, 1.54) is 6.08 Å². The van der Waals surface area contributed by atoms with Crippen LogP contribution >= 0.6 is 34.2 Å². The van der Waals surface area contributed by atoms with Crippen LogP contribution in [0.2, 0.25) is 0 Å². The van der Waals surface area contributed by atoms with E-state index < -0.39 is 16.9 Å². The minimum absolute atomic E-state index is 0.636. The number of rotatable bonds is 1.